The number of carbonyl (C=O) groups excluding carboxylic acids is 1. The maximum atomic E-state index is 12.0. The van der Waals surface area contributed by atoms with Crippen LogP contribution in [0.4, 0.5) is 11.5 Å². The van der Waals surface area contributed by atoms with Gasteiger partial charge in [-0.05, 0) is 19.9 Å². The van der Waals surface area contributed by atoms with E-state index in [0.29, 0.717) is 22.8 Å². The van der Waals surface area contributed by atoms with E-state index in [-0.39, 0.29) is 5.91 Å². The van der Waals surface area contributed by atoms with Crippen LogP contribution in [0, 0.1) is 13.8 Å². The Kier molecular flexibility index (Phi) is 3.24. The molecular formula is C11H13N5O2. The fourth-order valence-electron chi connectivity index (χ4n) is 1.47. The smallest absolute Gasteiger partial charge is 0.260 e. The lowest BCUT2D eigenvalue weighted by Gasteiger charge is -2.08. The molecule has 0 radical (unpaired) electrons. The molecule has 0 atom stereocenters. The van der Waals surface area contributed by atoms with Crippen molar-refractivity contribution in [2.75, 3.05) is 10.7 Å². The summed E-state index contributed by atoms with van der Waals surface area (Å²) >= 11 is 0. The van der Waals surface area contributed by atoms with Crippen molar-refractivity contribution in [2.24, 2.45) is 5.84 Å². The SMILES string of the molecule is Cc1cc(NN)c(C(=O)Nc2cc(C)on2)cn1. The molecule has 0 aromatic carbocycles. The first-order valence-corrected chi connectivity index (χ1v) is 5.28. The van der Waals surface area contributed by atoms with Crippen molar-refractivity contribution in [3.05, 3.63) is 35.3 Å². The van der Waals surface area contributed by atoms with Crippen LogP contribution < -0.4 is 16.6 Å². The third-order valence-corrected chi connectivity index (χ3v) is 2.31. The number of rotatable bonds is 3. The third-order valence-electron chi connectivity index (χ3n) is 2.31. The Balaban J connectivity index is 2.23. The number of hydrogen-bond donors (Lipinski definition) is 3. The number of anilines is 2. The summed E-state index contributed by atoms with van der Waals surface area (Å²) in [5.41, 5.74) is 4.06. The minimum absolute atomic E-state index is 0.337. The molecule has 0 aliphatic carbocycles. The minimum atomic E-state index is -0.358. The van der Waals surface area contributed by atoms with E-state index >= 15 is 0 Å². The fourth-order valence-corrected chi connectivity index (χ4v) is 1.47. The quantitative estimate of drug-likeness (QED) is 0.556. The van der Waals surface area contributed by atoms with Crippen LogP contribution in [-0.4, -0.2) is 16.0 Å². The Labute approximate surface area is 103 Å². The van der Waals surface area contributed by atoms with E-state index in [1.54, 1.807) is 19.1 Å². The van der Waals surface area contributed by atoms with Crippen LogP contribution in [0.2, 0.25) is 0 Å². The van der Waals surface area contributed by atoms with E-state index in [9.17, 15) is 4.79 Å². The Morgan fingerprint density at radius 1 is 1.39 bits per heavy atom. The number of aryl methyl sites for hydroxylation is 2. The first-order valence-electron chi connectivity index (χ1n) is 5.28. The van der Waals surface area contributed by atoms with Gasteiger partial charge in [-0.15, -0.1) is 0 Å². The highest BCUT2D eigenvalue weighted by Gasteiger charge is 2.13. The standard InChI is InChI=1S/C11H13N5O2/c1-6-3-9(15-12)8(5-13-6)11(17)14-10-4-7(2)18-16-10/h3-5H,12H2,1-2H3,(H,13,15)(H,14,16,17). The predicted molar refractivity (Wildman–Crippen MR) is 66.0 cm³/mol. The number of nitrogens with zero attached hydrogens (tertiary/aromatic N) is 2. The predicted octanol–water partition coefficient (Wildman–Crippen LogP) is 1.22. The normalized spacial score (nSPS) is 10.2. The molecule has 7 nitrogen and oxygen atoms in total. The highest BCUT2D eigenvalue weighted by Crippen LogP contribution is 2.16. The second-order valence-corrected chi connectivity index (χ2v) is 3.79. The highest BCUT2D eigenvalue weighted by atomic mass is 16.5. The molecule has 94 valence electrons. The summed E-state index contributed by atoms with van der Waals surface area (Å²) in [6.45, 7) is 3.55. The molecule has 2 heterocycles. The molecule has 0 aliphatic rings. The van der Waals surface area contributed by atoms with Gasteiger partial charge in [-0.1, -0.05) is 5.16 Å². The Morgan fingerprint density at radius 2 is 2.17 bits per heavy atom. The second-order valence-electron chi connectivity index (χ2n) is 3.79. The van der Waals surface area contributed by atoms with E-state index in [4.69, 9.17) is 10.4 Å². The van der Waals surface area contributed by atoms with E-state index in [1.807, 2.05) is 6.92 Å². The molecule has 18 heavy (non-hydrogen) atoms. The Morgan fingerprint density at radius 3 is 2.78 bits per heavy atom. The number of pyridine rings is 1. The Bertz CT molecular complexity index is 579. The van der Waals surface area contributed by atoms with Crippen molar-refractivity contribution in [3.63, 3.8) is 0 Å². The average molecular weight is 247 g/mol. The molecule has 0 aliphatic heterocycles. The van der Waals surface area contributed by atoms with Gasteiger partial charge in [0.25, 0.3) is 5.91 Å². The van der Waals surface area contributed by atoms with Gasteiger partial charge in [0.2, 0.25) is 0 Å². The van der Waals surface area contributed by atoms with E-state index in [0.717, 1.165) is 5.69 Å². The average Bonchev–Trinajstić information content (AvgIpc) is 2.74. The Hall–Kier alpha value is -2.41. The third kappa shape index (κ3) is 2.46. The van der Waals surface area contributed by atoms with Crippen molar-refractivity contribution < 1.29 is 9.32 Å². The van der Waals surface area contributed by atoms with Gasteiger partial charge in [0.05, 0.1) is 11.3 Å². The molecule has 7 heteroatoms. The molecule has 2 rings (SSSR count). The number of nitrogen functional groups attached to an aromatic ring is 1. The lowest BCUT2D eigenvalue weighted by atomic mass is 10.2. The number of carbonyl (C=O) groups is 1. The molecule has 2 aromatic rings. The van der Waals surface area contributed by atoms with Gasteiger partial charge in [0.15, 0.2) is 5.82 Å². The zero-order valence-electron chi connectivity index (χ0n) is 10.0. The summed E-state index contributed by atoms with van der Waals surface area (Å²) in [6, 6.07) is 3.30. The summed E-state index contributed by atoms with van der Waals surface area (Å²) in [4.78, 5) is 16.0. The first-order chi connectivity index (χ1) is 8.60. The lowest BCUT2D eigenvalue weighted by molar-refractivity contribution is 0.102. The highest BCUT2D eigenvalue weighted by molar-refractivity contribution is 6.07. The topological polar surface area (TPSA) is 106 Å². The van der Waals surface area contributed by atoms with Crippen LogP contribution in [0.15, 0.2) is 22.9 Å². The van der Waals surface area contributed by atoms with E-state index in [1.165, 1.54) is 6.20 Å². The van der Waals surface area contributed by atoms with Crippen molar-refractivity contribution in [1.29, 1.82) is 0 Å². The van der Waals surface area contributed by atoms with Crippen molar-refractivity contribution in [3.8, 4) is 0 Å². The molecule has 2 aromatic heterocycles. The first kappa shape index (κ1) is 12.1. The zero-order valence-corrected chi connectivity index (χ0v) is 10.0. The molecule has 0 fully saturated rings. The molecule has 0 saturated heterocycles. The summed E-state index contributed by atoms with van der Waals surface area (Å²) in [6.07, 6.45) is 1.45. The minimum Gasteiger partial charge on any atom is -0.360 e. The zero-order chi connectivity index (χ0) is 13.1. The lowest BCUT2D eigenvalue weighted by Crippen LogP contribution is -2.18. The summed E-state index contributed by atoms with van der Waals surface area (Å²) in [5, 5.41) is 6.27. The van der Waals surface area contributed by atoms with Gasteiger partial charge in [-0.25, -0.2) is 0 Å². The van der Waals surface area contributed by atoms with E-state index < -0.39 is 0 Å². The molecular weight excluding hydrogens is 234 g/mol. The van der Waals surface area contributed by atoms with Crippen LogP contribution in [0.25, 0.3) is 0 Å². The summed E-state index contributed by atoms with van der Waals surface area (Å²) in [7, 11) is 0. The maximum Gasteiger partial charge on any atom is 0.260 e. The second kappa shape index (κ2) is 4.84. The molecule has 0 unspecified atom stereocenters. The van der Waals surface area contributed by atoms with Gasteiger partial charge >= 0.3 is 0 Å². The molecule has 0 spiro atoms. The van der Waals surface area contributed by atoms with Gasteiger partial charge in [-0.3, -0.25) is 15.6 Å². The van der Waals surface area contributed by atoms with Gasteiger partial charge in [0, 0.05) is 18.0 Å². The van der Waals surface area contributed by atoms with Crippen LogP contribution in [0.3, 0.4) is 0 Å². The van der Waals surface area contributed by atoms with Gasteiger partial charge in [0.1, 0.15) is 5.76 Å². The van der Waals surface area contributed by atoms with Crippen LogP contribution in [-0.2, 0) is 0 Å². The fraction of sp³-hybridized carbons (Fsp3) is 0.182. The number of nitrogens with one attached hydrogen (secondary N) is 2. The number of nitrogens with two attached hydrogens (primary N) is 1. The largest absolute Gasteiger partial charge is 0.360 e. The number of hydrogen-bond acceptors (Lipinski definition) is 6. The molecule has 0 bridgehead atoms. The van der Waals surface area contributed by atoms with Crippen LogP contribution in [0.1, 0.15) is 21.8 Å². The number of amides is 1. The van der Waals surface area contributed by atoms with Crippen LogP contribution in [0.5, 0.6) is 0 Å². The monoisotopic (exact) mass is 247 g/mol. The summed E-state index contributed by atoms with van der Waals surface area (Å²) < 4.78 is 4.86. The molecule has 0 saturated carbocycles. The van der Waals surface area contributed by atoms with Crippen molar-refractivity contribution in [2.45, 2.75) is 13.8 Å². The van der Waals surface area contributed by atoms with E-state index in [2.05, 4.69) is 20.9 Å². The molecule has 4 N–H and O–H groups in total. The molecule has 1 amide bonds. The van der Waals surface area contributed by atoms with Crippen molar-refractivity contribution >= 4 is 17.4 Å². The maximum absolute atomic E-state index is 12.0. The number of aromatic nitrogens is 2. The summed E-state index contributed by atoms with van der Waals surface area (Å²) in [5.74, 6) is 5.97. The van der Waals surface area contributed by atoms with Crippen LogP contribution >= 0.6 is 0 Å². The van der Waals surface area contributed by atoms with Crippen molar-refractivity contribution in [1.82, 2.24) is 10.1 Å². The number of hydrazine groups is 1. The van der Waals surface area contributed by atoms with Gasteiger partial charge < -0.3 is 15.3 Å². The van der Waals surface area contributed by atoms with Gasteiger partial charge in [-0.2, -0.15) is 0 Å².